The molecule has 0 aromatic carbocycles. The highest BCUT2D eigenvalue weighted by Crippen LogP contribution is 2.30. The molecule has 0 saturated carbocycles. The van der Waals surface area contributed by atoms with E-state index in [9.17, 15) is 0 Å². The van der Waals surface area contributed by atoms with Gasteiger partial charge in [0.15, 0.2) is 0 Å². The molecule has 0 aliphatic carbocycles. The van der Waals surface area contributed by atoms with Gasteiger partial charge in [-0.15, -0.1) is 0 Å². The van der Waals surface area contributed by atoms with Crippen molar-refractivity contribution in [3.63, 3.8) is 0 Å². The van der Waals surface area contributed by atoms with Crippen LogP contribution in [0, 0.1) is 0 Å². The van der Waals surface area contributed by atoms with Gasteiger partial charge in [0, 0.05) is 12.7 Å². The summed E-state index contributed by atoms with van der Waals surface area (Å²) in [6, 6.07) is 3.25. The van der Waals surface area contributed by atoms with Crippen molar-refractivity contribution in [3.05, 3.63) is 45.4 Å². The summed E-state index contributed by atoms with van der Waals surface area (Å²) in [6.45, 7) is 1.62. The van der Waals surface area contributed by atoms with Gasteiger partial charge in [0.05, 0.1) is 33.6 Å². The predicted molar refractivity (Wildman–Crippen MR) is 86.9 cm³/mol. The molecule has 2 aromatic rings. The van der Waals surface area contributed by atoms with Crippen LogP contribution in [0.2, 0.25) is 5.02 Å². The summed E-state index contributed by atoms with van der Waals surface area (Å²) in [5.74, 6) is 5.74. The standard InChI is InChI=1S/C13H18BrClN6/c1-20(2)6-7-21-13(9(14)8-18-21)12(19-16)11-10(15)4-3-5-17-11/h3-5,8,12,19H,6-7,16H2,1-2H3. The van der Waals surface area contributed by atoms with Crippen LogP contribution >= 0.6 is 27.5 Å². The molecule has 6 nitrogen and oxygen atoms in total. The van der Waals surface area contributed by atoms with Crippen molar-refractivity contribution in [2.24, 2.45) is 5.84 Å². The lowest BCUT2D eigenvalue weighted by Gasteiger charge is -2.20. The van der Waals surface area contributed by atoms with Crippen molar-refractivity contribution in [1.82, 2.24) is 25.1 Å². The SMILES string of the molecule is CN(C)CCn1ncc(Br)c1C(NN)c1ncccc1Cl. The van der Waals surface area contributed by atoms with Gasteiger partial charge < -0.3 is 4.90 Å². The van der Waals surface area contributed by atoms with E-state index >= 15 is 0 Å². The monoisotopic (exact) mass is 372 g/mol. The Hall–Kier alpha value is -0.990. The highest BCUT2D eigenvalue weighted by molar-refractivity contribution is 9.10. The minimum Gasteiger partial charge on any atom is -0.308 e. The van der Waals surface area contributed by atoms with Crippen LogP contribution in [0.3, 0.4) is 0 Å². The van der Waals surface area contributed by atoms with Crippen molar-refractivity contribution in [2.45, 2.75) is 12.6 Å². The number of rotatable bonds is 6. The summed E-state index contributed by atoms with van der Waals surface area (Å²) in [6.07, 6.45) is 3.45. The van der Waals surface area contributed by atoms with Gasteiger partial charge >= 0.3 is 0 Å². The summed E-state index contributed by atoms with van der Waals surface area (Å²) in [7, 11) is 4.04. The Bertz CT molecular complexity index is 600. The van der Waals surface area contributed by atoms with E-state index in [4.69, 9.17) is 17.4 Å². The number of nitrogens with two attached hydrogens (primary N) is 1. The van der Waals surface area contributed by atoms with Gasteiger partial charge in [0.2, 0.25) is 0 Å². The van der Waals surface area contributed by atoms with Crippen molar-refractivity contribution >= 4 is 27.5 Å². The molecule has 2 heterocycles. The average Bonchev–Trinajstić information content (AvgIpc) is 2.81. The summed E-state index contributed by atoms with van der Waals surface area (Å²) in [5, 5.41) is 4.95. The maximum atomic E-state index is 6.24. The molecule has 0 spiro atoms. The lowest BCUT2D eigenvalue weighted by Crippen LogP contribution is -2.32. The Morgan fingerprint density at radius 3 is 2.90 bits per heavy atom. The van der Waals surface area contributed by atoms with E-state index in [0.717, 1.165) is 23.3 Å². The molecule has 0 aliphatic heterocycles. The topological polar surface area (TPSA) is 72.0 Å². The molecule has 114 valence electrons. The number of hydrogen-bond acceptors (Lipinski definition) is 5. The van der Waals surface area contributed by atoms with Crippen LogP contribution in [0.15, 0.2) is 29.0 Å². The molecule has 0 fully saturated rings. The first-order valence-electron chi connectivity index (χ1n) is 6.47. The molecule has 1 atom stereocenters. The first kappa shape index (κ1) is 16.4. The molecular formula is C13H18BrClN6. The van der Waals surface area contributed by atoms with Gasteiger partial charge in [0.25, 0.3) is 0 Å². The Morgan fingerprint density at radius 2 is 2.29 bits per heavy atom. The fourth-order valence-corrected chi connectivity index (χ4v) is 2.79. The first-order valence-corrected chi connectivity index (χ1v) is 7.64. The fraction of sp³-hybridized carbons (Fsp3) is 0.385. The van der Waals surface area contributed by atoms with Crippen LogP contribution in [-0.4, -0.2) is 40.3 Å². The number of aromatic nitrogens is 3. The smallest absolute Gasteiger partial charge is 0.107 e. The average molecular weight is 374 g/mol. The first-order chi connectivity index (χ1) is 10.0. The second kappa shape index (κ2) is 7.33. The van der Waals surface area contributed by atoms with Crippen molar-refractivity contribution in [2.75, 3.05) is 20.6 Å². The normalized spacial score (nSPS) is 12.9. The van der Waals surface area contributed by atoms with Crippen molar-refractivity contribution in [3.8, 4) is 0 Å². The van der Waals surface area contributed by atoms with Crippen LogP contribution in [0.1, 0.15) is 17.4 Å². The Kier molecular flexibility index (Phi) is 5.72. The number of likely N-dealkylation sites (N-methyl/N-ethyl adjacent to an activating group) is 1. The minimum absolute atomic E-state index is 0.335. The molecule has 0 radical (unpaired) electrons. The number of nitrogens with zero attached hydrogens (tertiary/aromatic N) is 4. The lowest BCUT2D eigenvalue weighted by molar-refractivity contribution is 0.365. The molecular weight excluding hydrogens is 356 g/mol. The molecule has 0 saturated heterocycles. The lowest BCUT2D eigenvalue weighted by atomic mass is 10.1. The quantitative estimate of drug-likeness (QED) is 0.597. The van der Waals surface area contributed by atoms with Crippen molar-refractivity contribution in [1.29, 1.82) is 0 Å². The van der Waals surface area contributed by atoms with E-state index in [1.54, 1.807) is 24.5 Å². The molecule has 0 amide bonds. The van der Waals surface area contributed by atoms with Crippen LogP contribution < -0.4 is 11.3 Å². The van der Waals surface area contributed by atoms with Gasteiger partial charge in [-0.2, -0.15) is 5.10 Å². The predicted octanol–water partition coefficient (Wildman–Crippen LogP) is 1.81. The second-order valence-electron chi connectivity index (χ2n) is 4.87. The number of pyridine rings is 1. The molecule has 0 aliphatic rings. The second-order valence-corrected chi connectivity index (χ2v) is 6.14. The minimum atomic E-state index is -0.335. The third kappa shape index (κ3) is 3.81. The van der Waals surface area contributed by atoms with Crippen LogP contribution in [0.5, 0.6) is 0 Å². The highest BCUT2D eigenvalue weighted by atomic mass is 79.9. The molecule has 2 aromatic heterocycles. The van der Waals surface area contributed by atoms with Gasteiger partial charge in [-0.25, -0.2) is 5.43 Å². The highest BCUT2D eigenvalue weighted by Gasteiger charge is 2.24. The van der Waals surface area contributed by atoms with Gasteiger partial charge in [-0.1, -0.05) is 11.6 Å². The molecule has 8 heteroatoms. The fourth-order valence-electron chi connectivity index (χ4n) is 2.03. The summed E-state index contributed by atoms with van der Waals surface area (Å²) in [5.41, 5.74) is 4.36. The number of nitrogens with one attached hydrogen (secondary N) is 1. The van der Waals surface area contributed by atoms with E-state index < -0.39 is 0 Å². The Labute approximate surface area is 137 Å². The maximum absolute atomic E-state index is 6.24. The summed E-state index contributed by atoms with van der Waals surface area (Å²) >= 11 is 9.76. The van der Waals surface area contributed by atoms with E-state index in [1.807, 2.05) is 18.8 Å². The van der Waals surface area contributed by atoms with Crippen LogP contribution in [0.4, 0.5) is 0 Å². The van der Waals surface area contributed by atoms with Gasteiger partial charge in [0.1, 0.15) is 6.04 Å². The third-order valence-corrected chi connectivity index (χ3v) is 4.02. The molecule has 3 N–H and O–H groups in total. The molecule has 0 bridgehead atoms. The summed E-state index contributed by atoms with van der Waals surface area (Å²) in [4.78, 5) is 6.43. The van der Waals surface area contributed by atoms with E-state index in [0.29, 0.717) is 10.7 Å². The van der Waals surface area contributed by atoms with E-state index in [1.165, 1.54) is 0 Å². The maximum Gasteiger partial charge on any atom is 0.107 e. The largest absolute Gasteiger partial charge is 0.308 e. The Balaban J connectivity index is 2.38. The van der Waals surface area contributed by atoms with Gasteiger partial charge in [-0.3, -0.25) is 15.5 Å². The third-order valence-electron chi connectivity index (χ3n) is 3.09. The number of halogens is 2. The Morgan fingerprint density at radius 1 is 1.52 bits per heavy atom. The molecule has 2 rings (SSSR count). The number of hydrogen-bond donors (Lipinski definition) is 2. The summed E-state index contributed by atoms with van der Waals surface area (Å²) < 4.78 is 2.77. The zero-order valence-corrected chi connectivity index (χ0v) is 14.3. The van der Waals surface area contributed by atoms with Crippen molar-refractivity contribution < 1.29 is 0 Å². The van der Waals surface area contributed by atoms with Gasteiger partial charge in [-0.05, 0) is 42.2 Å². The number of hydrazine groups is 1. The molecule has 21 heavy (non-hydrogen) atoms. The van der Waals surface area contributed by atoms with E-state index in [-0.39, 0.29) is 6.04 Å². The van der Waals surface area contributed by atoms with Crippen LogP contribution in [0.25, 0.3) is 0 Å². The zero-order chi connectivity index (χ0) is 15.4. The van der Waals surface area contributed by atoms with Crippen LogP contribution in [-0.2, 0) is 6.54 Å². The van der Waals surface area contributed by atoms with E-state index in [2.05, 4.69) is 36.3 Å². The molecule has 1 unspecified atom stereocenters. The zero-order valence-electron chi connectivity index (χ0n) is 11.9.